The molecule has 1 N–H and O–H groups in total. The zero-order valence-electron chi connectivity index (χ0n) is 18.1. The molecule has 1 aromatic heterocycles. The zero-order valence-corrected chi connectivity index (χ0v) is 19.7. The van der Waals surface area contributed by atoms with Crippen LogP contribution in [0.2, 0.25) is 0 Å². The highest BCUT2D eigenvalue weighted by molar-refractivity contribution is 9.10. The Morgan fingerprint density at radius 1 is 1.06 bits per heavy atom. The molecule has 0 fully saturated rings. The summed E-state index contributed by atoms with van der Waals surface area (Å²) in [5.74, 6) is -0.362. The van der Waals surface area contributed by atoms with Gasteiger partial charge in [-0.25, -0.2) is 4.79 Å². The molecule has 6 heteroatoms. The van der Waals surface area contributed by atoms with Crippen LogP contribution in [0.1, 0.15) is 41.4 Å². The number of anilines is 1. The number of hydrogen-bond donors (Lipinski definition) is 1. The maximum Gasteiger partial charge on any atom is 0.339 e. The van der Waals surface area contributed by atoms with E-state index >= 15 is 0 Å². The van der Waals surface area contributed by atoms with Crippen LogP contribution in [0, 0.1) is 13.8 Å². The molecule has 0 radical (unpaired) electrons. The van der Waals surface area contributed by atoms with Gasteiger partial charge in [-0.15, -0.1) is 0 Å². The second-order valence-electron chi connectivity index (χ2n) is 7.40. The van der Waals surface area contributed by atoms with E-state index < -0.39 is 0 Å². The van der Waals surface area contributed by atoms with Crippen molar-refractivity contribution in [3.8, 4) is 11.3 Å². The molecular weight excluding hydrogens is 456 g/mol. The summed E-state index contributed by atoms with van der Waals surface area (Å²) in [6.07, 6.45) is 1.02. The molecular formula is C25H27BrN2O3. The Labute approximate surface area is 191 Å². The van der Waals surface area contributed by atoms with Crippen molar-refractivity contribution in [3.05, 3.63) is 75.9 Å². The Morgan fingerprint density at radius 3 is 2.48 bits per heavy atom. The fourth-order valence-corrected chi connectivity index (χ4v) is 4.12. The number of aryl methyl sites for hydroxylation is 1. The summed E-state index contributed by atoms with van der Waals surface area (Å²) in [5.41, 5.74) is 5.27. The van der Waals surface area contributed by atoms with E-state index in [1.165, 1.54) is 0 Å². The second kappa shape index (κ2) is 10.4. The molecule has 3 rings (SSSR count). The second-order valence-corrected chi connectivity index (χ2v) is 8.26. The van der Waals surface area contributed by atoms with Crippen molar-refractivity contribution >= 4 is 33.5 Å². The van der Waals surface area contributed by atoms with Gasteiger partial charge < -0.3 is 14.6 Å². The molecule has 5 nitrogen and oxygen atoms in total. The standard InChI is InChI=1S/C25H27BrN2O3/c1-4-31-25(30)20-16-23(19-9-6-5-7-10-19)28(18(20)3)14-8-11-24(29)27-22-13-12-17(2)15-21(22)26/h5-7,9-10,12-13,15-16H,4,8,11,14H2,1-3H3,(H,27,29). The van der Waals surface area contributed by atoms with Gasteiger partial charge in [0, 0.05) is 28.8 Å². The molecule has 1 heterocycles. The van der Waals surface area contributed by atoms with Crippen molar-refractivity contribution < 1.29 is 14.3 Å². The number of ether oxygens (including phenoxy) is 1. The first-order valence-corrected chi connectivity index (χ1v) is 11.2. The fourth-order valence-electron chi connectivity index (χ4n) is 3.53. The lowest BCUT2D eigenvalue weighted by Gasteiger charge is -2.13. The third kappa shape index (κ3) is 5.64. The minimum absolute atomic E-state index is 0.0405. The normalized spacial score (nSPS) is 10.7. The minimum atomic E-state index is -0.321. The van der Waals surface area contributed by atoms with E-state index in [1.807, 2.05) is 68.4 Å². The first-order chi connectivity index (χ1) is 14.9. The lowest BCUT2D eigenvalue weighted by Crippen LogP contribution is -2.14. The number of esters is 1. The monoisotopic (exact) mass is 482 g/mol. The van der Waals surface area contributed by atoms with Gasteiger partial charge in [-0.3, -0.25) is 4.79 Å². The highest BCUT2D eigenvalue weighted by Crippen LogP contribution is 2.27. The Hall–Kier alpha value is -2.86. The number of carbonyl (C=O) groups excluding carboxylic acids is 2. The van der Waals surface area contributed by atoms with Gasteiger partial charge >= 0.3 is 5.97 Å². The number of nitrogens with one attached hydrogen (secondary N) is 1. The van der Waals surface area contributed by atoms with Gasteiger partial charge in [0.2, 0.25) is 5.91 Å². The molecule has 0 spiro atoms. The van der Waals surface area contributed by atoms with E-state index in [2.05, 4.69) is 25.8 Å². The summed E-state index contributed by atoms with van der Waals surface area (Å²) in [6.45, 7) is 6.68. The topological polar surface area (TPSA) is 60.3 Å². The van der Waals surface area contributed by atoms with Crippen LogP contribution in [0.15, 0.2) is 59.1 Å². The van der Waals surface area contributed by atoms with Gasteiger partial charge in [-0.05, 0) is 72.4 Å². The van der Waals surface area contributed by atoms with Crippen LogP contribution < -0.4 is 5.32 Å². The lowest BCUT2D eigenvalue weighted by atomic mass is 10.1. The average Bonchev–Trinajstić information content (AvgIpc) is 3.07. The largest absolute Gasteiger partial charge is 0.462 e. The number of amides is 1. The van der Waals surface area contributed by atoms with Crippen LogP contribution >= 0.6 is 15.9 Å². The van der Waals surface area contributed by atoms with Crippen LogP contribution in [-0.2, 0) is 16.1 Å². The maximum absolute atomic E-state index is 12.5. The highest BCUT2D eigenvalue weighted by Gasteiger charge is 2.19. The van der Waals surface area contributed by atoms with E-state index in [9.17, 15) is 9.59 Å². The number of hydrogen-bond acceptors (Lipinski definition) is 3. The van der Waals surface area contributed by atoms with Gasteiger partial charge in [0.05, 0.1) is 17.9 Å². The Balaban J connectivity index is 1.74. The number of benzene rings is 2. The molecule has 162 valence electrons. The van der Waals surface area contributed by atoms with Crippen molar-refractivity contribution in [1.82, 2.24) is 4.57 Å². The van der Waals surface area contributed by atoms with E-state index in [1.54, 1.807) is 6.92 Å². The van der Waals surface area contributed by atoms with Crippen molar-refractivity contribution in [2.45, 2.75) is 40.2 Å². The number of halogens is 1. The smallest absolute Gasteiger partial charge is 0.339 e. The molecule has 3 aromatic rings. The molecule has 2 aromatic carbocycles. The molecule has 0 bridgehead atoms. The molecule has 31 heavy (non-hydrogen) atoms. The molecule has 0 saturated carbocycles. The number of nitrogens with zero attached hydrogens (tertiary/aromatic N) is 1. The molecule has 1 amide bonds. The molecule has 0 saturated heterocycles. The van der Waals surface area contributed by atoms with Crippen molar-refractivity contribution in [2.24, 2.45) is 0 Å². The summed E-state index contributed by atoms with van der Waals surface area (Å²) in [6, 6.07) is 17.7. The van der Waals surface area contributed by atoms with Crippen LogP contribution in [0.4, 0.5) is 5.69 Å². The fraction of sp³-hybridized carbons (Fsp3) is 0.280. The van der Waals surface area contributed by atoms with E-state index in [0.29, 0.717) is 31.6 Å². The van der Waals surface area contributed by atoms with Gasteiger partial charge in [0.15, 0.2) is 0 Å². The van der Waals surface area contributed by atoms with E-state index in [4.69, 9.17) is 4.74 Å². The Kier molecular flexibility index (Phi) is 7.69. The van der Waals surface area contributed by atoms with Crippen LogP contribution in [-0.4, -0.2) is 23.1 Å². The van der Waals surface area contributed by atoms with E-state index in [-0.39, 0.29) is 11.9 Å². The molecule has 0 unspecified atom stereocenters. The lowest BCUT2D eigenvalue weighted by molar-refractivity contribution is -0.116. The minimum Gasteiger partial charge on any atom is -0.462 e. The summed E-state index contributed by atoms with van der Waals surface area (Å²) >= 11 is 3.49. The van der Waals surface area contributed by atoms with Crippen molar-refractivity contribution in [3.63, 3.8) is 0 Å². The Bertz CT molecular complexity index is 1070. The number of aromatic nitrogens is 1. The van der Waals surface area contributed by atoms with Crippen LogP contribution in [0.3, 0.4) is 0 Å². The third-order valence-electron chi connectivity index (χ3n) is 5.12. The third-order valence-corrected chi connectivity index (χ3v) is 5.77. The summed E-state index contributed by atoms with van der Waals surface area (Å²) in [4.78, 5) is 24.9. The van der Waals surface area contributed by atoms with E-state index in [0.717, 1.165) is 32.7 Å². The van der Waals surface area contributed by atoms with Crippen molar-refractivity contribution in [2.75, 3.05) is 11.9 Å². The first kappa shape index (κ1) is 22.8. The van der Waals surface area contributed by atoms with Crippen LogP contribution in [0.25, 0.3) is 11.3 Å². The highest BCUT2D eigenvalue weighted by atomic mass is 79.9. The molecule has 0 atom stereocenters. The van der Waals surface area contributed by atoms with Gasteiger partial charge in [-0.1, -0.05) is 36.4 Å². The van der Waals surface area contributed by atoms with Gasteiger partial charge in [0.25, 0.3) is 0 Å². The SMILES string of the molecule is CCOC(=O)c1cc(-c2ccccc2)n(CCCC(=O)Nc2ccc(C)cc2Br)c1C. The summed E-state index contributed by atoms with van der Waals surface area (Å²) < 4.78 is 8.18. The van der Waals surface area contributed by atoms with Crippen molar-refractivity contribution in [1.29, 1.82) is 0 Å². The maximum atomic E-state index is 12.5. The number of carbonyl (C=O) groups is 2. The van der Waals surface area contributed by atoms with Crippen LogP contribution in [0.5, 0.6) is 0 Å². The first-order valence-electron chi connectivity index (χ1n) is 10.4. The average molecular weight is 483 g/mol. The predicted octanol–water partition coefficient (Wildman–Crippen LogP) is 6.13. The summed E-state index contributed by atoms with van der Waals surface area (Å²) in [7, 11) is 0. The molecule has 0 aliphatic carbocycles. The quantitative estimate of drug-likeness (QED) is 0.392. The predicted molar refractivity (Wildman–Crippen MR) is 127 cm³/mol. The number of rotatable bonds is 8. The van der Waals surface area contributed by atoms with Gasteiger partial charge in [-0.2, -0.15) is 0 Å². The molecule has 0 aliphatic rings. The summed E-state index contributed by atoms with van der Waals surface area (Å²) in [5, 5.41) is 2.96. The Morgan fingerprint density at radius 2 is 1.81 bits per heavy atom. The van der Waals surface area contributed by atoms with Gasteiger partial charge in [0.1, 0.15) is 0 Å². The zero-order chi connectivity index (χ0) is 22.4. The molecule has 0 aliphatic heterocycles.